The number of fused-ring (bicyclic) bond motifs is 3. The number of hydrogen-bond donors (Lipinski definition) is 0. The molecular weight excluding hydrogens is 528 g/mol. The maximum atomic E-state index is 13.9. The Morgan fingerprint density at radius 1 is 1.17 bits per heavy atom. The van der Waals surface area contributed by atoms with Crippen molar-refractivity contribution in [3.63, 3.8) is 0 Å². The van der Waals surface area contributed by atoms with Crippen LogP contribution in [0.2, 0.25) is 5.02 Å². The highest BCUT2D eigenvalue weighted by Crippen LogP contribution is 2.34. The SMILES string of the molecule is Cc1ccc(-n2c(=O)c3c(n4ncc(CC5CC5)c24)CN(C(=O)c2ccc(Br)c(Cl)c2)CC3)cc1. The summed E-state index contributed by atoms with van der Waals surface area (Å²) in [5.41, 5.74) is 5.89. The molecule has 1 fully saturated rings. The Balaban J connectivity index is 1.47. The summed E-state index contributed by atoms with van der Waals surface area (Å²) in [6, 6.07) is 13.3. The van der Waals surface area contributed by atoms with Gasteiger partial charge >= 0.3 is 0 Å². The quantitative estimate of drug-likeness (QED) is 0.343. The summed E-state index contributed by atoms with van der Waals surface area (Å²) < 4.78 is 4.45. The third-order valence-corrected chi connectivity index (χ3v) is 8.25. The minimum Gasteiger partial charge on any atom is -0.332 e. The van der Waals surface area contributed by atoms with Crippen molar-refractivity contribution in [2.45, 2.75) is 39.2 Å². The zero-order chi connectivity index (χ0) is 24.3. The molecule has 3 heterocycles. The minimum atomic E-state index is -0.105. The first-order valence-electron chi connectivity index (χ1n) is 11.9. The second kappa shape index (κ2) is 8.64. The van der Waals surface area contributed by atoms with Crippen molar-refractivity contribution < 1.29 is 4.79 Å². The van der Waals surface area contributed by atoms with Gasteiger partial charge in [-0.25, -0.2) is 4.52 Å². The zero-order valence-electron chi connectivity index (χ0n) is 19.3. The minimum absolute atomic E-state index is 0.0207. The van der Waals surface area contributed by atoms with Crippen LogP contribution >= 0.6 is 27.5 Å². The molecule has 0 spiro atoms. The molecule has 2 aliphatic rings. The fourth-order valence-electron chi connectivity index (χ4n) is 4.91. The van der Waals surface area contributed by atoms with Gasteiger partial charge in [-0.2, -0.15) is 5.10 Å². The van der Waals surface area contributed by atoms with Crippen LogP contribution in [0.3, 0.4) is 0 Å². The van der Waals surface area contributed by atoms with Gasteiger partial charge in [0.1, 0.15) is 5.65 Å². The molecule has 1 saturated carbocycles. The van der Waals surface area contributed by atoms with E-state index in [0.29, 0.717) is 36.0 Å². The highest BCUT2D eigenvalue weighted by molar-refractivity contribution is 9.10. The van der Waals surface area contributed by atoms with Crippen LogP contribution < -0.4 is 5.56 Å². The number of carbonyl (C=O) groups excluding carboxylic acids is 1. The van der Waals surface area contributed by atoms with Gasteiger partial charge in [-0.3, -0.25) is 14.2 Å². The third kappa shape index (κ3) is 4.00. The lowest BCUT2D eigenvalue weighted by Gasteiger charge is -2.30. The first-order chi connectivity index (χ1) is 16.9. The van der Waals surface area contributed by atoms with E-state index >= 15 is 0 Å². The van der Waals surface area contributed by atoms with Crippen molar-refractivity contribution in [1.82, 2.24) is 19.1 Å². The van der Waals surface area contributed by atoms with Crippen LogP contribution in [0.25, 0.3) is 11.3 Å². The summed E-state index contributed by atoms with van der Waals surface area (Å²) in [5.74, 6) is 0.548. The van der Waals surface area contributed by atoms with Crippen LogP contribution in [0.15, 0.2) is 57.9 Å². The van der Waals surface area contributed by atoms with Crippen molar-refractivity contribution in [3.05, 3.63) is 96.5 Å². The molecule has 0 saturated heterocycles. The molecule has 2 aromatic heterocycles. The van der Waals surface area contributed by atoms with Gasteiger partial charge in [-0.15, -0.1) is 0 Å². The smallest absolute Gasteiger partial charge is 0.261 e. The van der Waals surface area contributed by atoms with Gasteiger partial charge in [0.15, 0.2) is 0 Å². The molecule has 0 unspecified atom stereocenters. The van der Waals surface area contributed by atoms with Gasteiger partial charge in [-0.1, -0.05) is 29.3 Å². The normalized spacial score (nSPS) is 15.5. The molecule has 35 heavy (non-hydrogen) atoms. The van der Waals surface area contributed by atoms with Crippen LogP contribution in [0.1, 0.15) is 45.6 Å². The summed E-state index contributed by atoms with van der Waals surface area (Å²) >= 11 is 9.61. The fraction of sp³-hybridized carbons (Fsp3) is 0.296. The lowest BCUT2D eigenvalue weighted by molar-refractivity contribution is 0.0729. The van der Waals surface area contributed by atoms with Gasteiger partial charge in [0.25, 0.3) is 11.5 Å². The summed E-state index contributed by atoms with van der Waals surface area (Å²) in [6.45, 7) is 2.83. The molecule has 1 aliphatic carbocycles. The Morgan fingerprint density at radius 3 is 2.66 bits per heavy atom. The van der Waals surface area contributed by atoms with Gasteiger partial charge in [-0.05, 0) is 84.8 Å². The molecule has 0 atom stereocenters. The van der Waals surface area contributed by atoms with Crippen LogP contribution in [-0.4, -0.2) is 31.5 Å². The number of halogens is 2. The Bertz CT molecular complexity index is 1540. The molecule has 1 aliphatic heterocycles. The van der Waals surface area contributed by atoms with E-state index in [4.69, 9.17) is 16.7 Å². The number of aryl methyl sites for hydroxylation is 1. The second-order valence-corrected chi connectivity index (χ2v) is 10.8. The van der Waals surface area contributed by atoms with Crippen LogP contribution in [0.4, 0.5) is 0 Å². The first-order valence-corrected chi connectivity index (χ1v) is 13.0. The lowest BCUT2D eigenvalue weighted by atomic mass is 10.0. The van der Waals surface area contributed by atoms with Gasteiger partial charge in [0, 0.05) is 27.7 Å². The Hall–Kier alpha value is -2.90. The Labute approximate surface area is 216 Å². The van der Waals surface area contributed by atoms with Crippen molar-refractivity contribution in [3.8, 4) is 5.69 Å². The molecule has 178 valence electrons. The highest BCUT2D eigenvalue weighted by Gasteiger charge is 2.30. The number of amides is 1. The average molecular weight is 552 g/mol. The summed E-state index contributed by atoms with van der Waals surface area (Å²) in [5, 5.41) is 5.24. The number of rotatable bonds is 4. The number of hydrogen-bond acceptors (Lipinski definition) is 3. The zero-order valence-corrected chi connectivity index (χ0v) is 21.6. The Kier molecular flexibility index (Phi) is 5.57. The maximum absolute atomic E-state index is 13.9. The van der Waals surface area contributed by atoms with E-state index in [1.807, 2.05) is 46.5 Å². The lowest BCUT2D eigenvalue weighted by Crippen LogP contribution is -2.41. The molecule has 0 N–H and O–H groups in total. The van der Waals surface area contributed by atoms with Gasteiger partial charge in [0.2, 0.25) is 0 Å². The number of benzene rings is 2. The number of nitrogens with zero attached hydrogens (tertiary/aromatic N) is 4. The predicted octanol–water partition coefficient (Wildman–Crippen LogP) is 5.36. The van der Waals surface area contributed by atoms with E-state index in [1.165, 1.54) is 12.8 Å². The number of carbonyl (C=O) groups is 1. The molecule has 2 aromatic carbocycles. The van der Waals surface area contributed by atoms with Crippen molar-refractivity contribution in [1.29, 1.82) is 0 Å². The molecular formula is C27H24BrClN4O2. The van der Waals surface area contributed by atoms with E-state index < -0.39 is 0 Å². The van der Waals surface area contributed by atoms with E-state index in [1.54, 1.807) is 23.1 Å². The van der Waals surface area contributed by atoms with Crippen molar-refractivity contribution in [2.24, 2.45) is 5.92 Å². The largest absolute Gasteiger partial charge is 0.332 e. The van der Waals surface area contributed by atoms with Crippen LogP contribution in [0.5, 0.6) is 0 Å². The van der Waals surface area contributed by atoms with Crippen molar-refractivity contribution in [2.75, 3.05) is 6.54 Å². The standard InChI is InChI=1S/C27H24BrClN4O2/c1-16-2-7-20(8-3-16)32-25-19(12-17-4-5-17)14-30-33(25)24-15-31(11-10-21(24)27(32)35)26(34)18-6-9-22(28)23(29)13-18/h2-3,6-9,13-14,17H,4-5,10-12,15H2,1H3. The molecule has 0 radical (unpaired) electrons. The van der Waals surface area contributed by atoms with E-state index in [9.17, 15) is 9.59 Å². The fourth-order valence-corrected chi connectivity index (χ4v) is 5.34. The maximum Gasteiger partial charge on any atom is 0.261 e. The third-order valence-electron chi connectivity index (χ3n) is 7.02. The first kappa shape index (κ1) is 22.6. The molecule has 6 nitrogen and oxygen atoms in total. The average Bonchev–Trinajstić information content (AvgIpc) is 3.59. The van der Waals surface area contributed by atoms with E-state index in [2.05, 4.69) is 15.9 Å². The molecule has 8 heteroatoms. The topological polar surface area (TPSA) is 59.6 Å². The van der Waals surface area contributed by atoms with Crippen molar-refractivity contribution >= 4 is 39.1 Å². The predicted molar refractivity (Wildman–Crippen MR) is 140 cm³/mol. The van der Waals surface area contributed by atoms with Gasteiger partial charge in [0.05, 0.1) is 29.1 Å². The van der Waals surface area contributed by atoms with Crippen LogP contribution in [-0.2, 0) is 19.4 Å². The number of aromatic nitrogens is 3. The second-order valence-electron chi connectivity index (χ2n) is 9.56. The molecule has 6 rings (SSSR count). The Morgan fingerprint density at radius 2 is 1.94 bits per heavy atom. The van der Waals surface area contributed by atoms with Crippen LogP contribution in [0, 0.1) is 12.8 Å². The monoisotopic (exact) mass is 550 g/mol. The highest BCUT2D eigenvalue weighted by atomic mass is 79.9. The summed E-state index contributed by atoms with van der Waals surface area (Å²) in [4.78, 5) is 29.0. The van der Waals surface area contributed by atoms with E-state index in [0.717, 1.165) is 44.6 Å². The van der Waals surface area contributed by atoms with Gasteiger partial charge < -0.3 is 4.90 Å². The molecule has 0 bridgehead atoms. The van der Waals surface area contributed by atoms with E-state index in [-0.39, 0.29) is 11.5 Å². The molecule has 4 aromatic rings. The summed E-state index contributed by atoms with van der Waals surface area (Å²) in [7, 11) is 0. The molecule has 1 amide bonds. The summed E-state index contributed by atoms with van der Waals surface area (Å²) in [6.07, 6.45) is 5.72.